The van der Waals surface area contributed by atoms with Crippen molar-refractivity contribution in [1.82, 2.24) is 14.4 Å². The number of nitrogens with one attached hydrogen (secondary N) is 1. The molecule has 0 aliphatic carbocycles. The van der Waals surface area contributed by atoms with Crippen molar-refractivity contribution in [1.29, 1.82) is 5.26 Å². The molecule has 1 aliphatic heterocycles. The van der Waals surface area contributed by atoms with Crippen LogP contribution in [0.2, 0.25) is 0 Å². The molecule has 1 saturated heterocycles. The Balaban J connectivity index is 1.75. The summed E-state index contributed by atoms with van der Waals surface area (Å²) in [6.07, 6.45) is 0.846. The summed E-state index contributed by atoms with van der Waals surface area (Å²) >= 11 is 0. The molecule has 1 N–H and O–H groups in total. The van der Waals surface area contributed by atoms with Gasteiger partial charge in [0, 0.05) is 45.3 Å². The van der Waals surface area contributed by atoms with E-state index in [4.69, 9.17) is 0 Å². The van der Waals surface area contributed by atoms with Crippen LogP contribution in [0.25, 0.3) is 0 Å². The first-order chi connectivity index (χ1) is 14.4. The van der Waals surface area contributed by atoms with Crippen LogP contribution >= 0.6 is 0 Å². The van der Waals surface area contributed by atoms with E-state index in [1.807, 2.05) is 53.6 Å². The van der Waals surface area contributed by atoms with Crippen molar-refractivity contribution in [2.24, 2.45) is 0 Å². The second-order valence-corrected chi connectivity index (χ2v) is 7.80. The third kappa shape index (κ3) is 4.89. The van der Waals surface area contributed by atoms with E-state index in [0.717, 1.165) is 36.3 Å². The molecule has 2 heterocycles. The van der Waals surface area contributed by atoms with Gasteiger partial charge in [0.1, 0.15) is 11.9 Å². The second kappa shape index (κ2) is 9.59. The fraction of sp³-hybridized carbons (Fsp3) is 0.435. The third-order valence-corrected chi connectivity index (χ3v) is 5.78. The molecule has 2 aromatic rings. The Morgan fingerprint density at radius 1 is 1.10 bits per heavy atom. The predicted molar refractivity (Wildman–Crippen MR) is 116 cm³/mol. The average molecular weight is 408 g/mol. The maximum Gasteiger partial charge on any atom is 0.239 e. The zero-order valence-electron chi connectivity index (χ0n) is 17.9. The number of carbonyl (C=O) groups is 2. The van der Waals surface area contributed by atoms with E-state index in [9.17, 15) is 14.9 Å². The number of hydrogen-bond acceptors (Lipinski definition) is 4. The highest BCUT2D eigenvalue weighted by Crippen LogP contribution is 2.27. The molecule has 2 amide bonds. The minimum Gasteiger partial charge on any atom is -0.342 e. The van der Waals surface area contributed by atoms with Gasteiger partial charge in [-0.2, -0.15) is 5.26 Å². The van der Waals surface area contributed by atoms with Gasteiger partial charge in [-0.25, -0.2) is 0 Å². The molecule has 7 nitrogen and oxygen atoms in total. The first kappa shape index (κ1) is 21.6. The standard InChI is InChI=1S/C23H29N5O2/c1-17-18(2)28(15-20-8-5-4-6-9-20)23(21(17)14-24)25-22(30)16-26-10-7-11-27(13-12-26)19(3)29/h4-6,8-9H,7,10-13,15-16H2,1-3H3,(H,25,30). The minimum absolute atomic E-state index is 0.0738. The van der Waals surface area contributed by atoms with Crippen molar-refractivity contribution in [3.8, 4) is 6.07 Å². The maximum absolute atomic E-state index is 12.8. The number of anilines is 1. The third-order valence-electron chi connectivity index (χ3n) is 5.78. The van der Waals surface area contributed by atoms with E-state index in [-0.39, 0.29) is 18.4 Å². The largest absolute Gasteiger partial charge is 0.342 e. The molecule has 0 bridgehead atoms. The molecule has 0 atom stereocenters. The number of nitrogens with zero attached hydrogens (tertiary/aromatic N) is 4. The lowest BCUT2D eigenvalue weighted by molar-refractivity contribution is -0.128. The Kier molecular flexibility index (Phi) is 6.91. The molecule has 1 aromatic heterocycles. The van der Waals surface area contributed by atoms with E-state index < -0.39 is 0 Å². The smallest absolute Gasteiger partial charge is 0.239 e. The van der Waals surface area contributed by atoms with Gasteiger partial charge in [-0.3, -0.25) is 14.5 Å². The van der Waals surface area contributed by atoms with Crippen molar-refractivity contribution in [3.63, 3.8) is 0 Å². The molecule has 1 aliphatic rings. The molecule has 158 valence electrons. The van der Waals surface area contributed by atoms with E-state index >= 15 is 0 Å². The summed E-state index contributed by atoms with van der Waals surface area (Å²) in [5.41, 5.74) is 3.47. The summed E-state index contributed by atoms with van der Waals surface area (Å²) in [6, 6.07) is 12.2. The van der Waals surface area contributed by atoms with Gasteiger partial charge in [0.05, 0.1) is 12.1 Å². The molecule has 1 aromatic carbocycles. The molecule has 7 heteroatoms. The second-order valence-electron chi connectivity index (χ2n) is 7.80. The topological polar surface area (TPSA) is 81.4 Å². The lowest BCUT2D eigenvalue weighted by Gasteiger charge is -2.21. The van der Waals surface area contributed by atoms with Crippen LogP contribution in [-0.2, 0) is 16.1 Å². The zero-order chi connectivity index (χ0) is 21.7. The van der Waals surface area contributed by atoms with E-state index in [1.54, 1.807) is 6.92 Å². The molecule has 0 saturated carbocycles. The van der Waals surface area contributed by atoms with Crippen LogP contribution in [0.15, 0.2) is 30.3 Å². The van der Waals surface area contributed by atoms with Gasteiger partial charge in [-0.15, -0.1) is 0 Å². The van der Waals surface area contributed by atoms with Crippen LogP contribution < -0.4 is 5.32 Å². The van der Waals surface area contributed by atoms with Crippen LogP contribution in [0.4, 0.5) is 5.82 Å². The summed E-state index contributed by atoms with van der Waals surface area (Å²) in [4.78, 5) is 28.3. The van der Waals surface area contributed by atoms with Crippen LogP contribution in [0.5, 0.6) is 0 Å². The number of amides is 2. The fourth-order valence-corrected chi connectivity index (χ4v) is 3.91. The van der Waals surface area contributed by atoms with Crippen molar-refractivity contribution in [2.75, 3.05) is 38.0 Å². The van der Waals surface area contributed by atoms with Gasteiger partial charge >= 0.3 is 0 Å². The molecular formula is C23H29N5O2. The molecule has 0 radical (unpaired) electrons. The molecule has 3 rings (SSSR count). The molecular weight excluding hydrogens is 378 g/mol. The summed E-state index contributed by atoms with van der Waals surface area (Å²) in [5.74, 6) is 0.487. The van der Waals surface area contributed by atoms with Gasteiger partial charge < -0.3 is 14.8 Å². The first-order valence-corrected chi connectivity index (χ1v) is 10.3. The number of rotatable bonds is 5. The van der Waals surface area contributed by atoms with Crippen LogP contribution in [0.1, 0.15) is 35.7 Å². The van der Waals surface area contributed by atoms with Crippen molar-refractivity contribution >= 4 is 17.6 Å². The van der Waals surface area contributed by atoms with Crippen LogP contribution in [0, 0.1) is 25.2 Å². The summed E-state index contributed by atoms with van der Waals surface area (Å²) < 4.78 is 2.00. The summed E-state index contributed by atoms with van der Waals surface area (Å²) in [5, 5.41) is 12.7. The fourth-order valence-electron chi connectivity index (χ4n) is 3.91. The highest BCUT2D eigenvalue weighted by atomic mass is 16.2. The lowest BCUT2D eigenvalue weighted by atomic mass is 10.2. The Morgan fingerprint density at radius 3 is 2.50 bits per heavy atom. The Bertz CT molecular complexity index is 958. The lowest BCUT2D eigenvalue weighted by Crippen LogP contribution is -2.37. The highest BCUT2D eigenvalue weighted by Gasteiger charge is 2.22. The van der Waals surface area contributed by atoms with Gasteiger partial charge in [0.25, 0.3) is 0 Å². The van der Waals surface area contributed by atoms with Crippen LogP contribution in [0.3, 0.4) is 0 Å². The summed E-state index contributed by atoms with van der Waals surface area (Å²) in [7, 11) is 0. The monoisotopic (exact) mass is 407 g/mol. The molecule has 0 unspecified atom stereocenters. The number of hydrogen-bond donors (Lipinski definition) is 1. The van der Waals surface area contributed by atoms with E-state index in [1.165, 1.54) is 0 Å². The predicted octanol–water partition coefficient (Wildman–Crippen LogP) is 2.52. The SMILES string of the molecule is CC(=O)N1CCCN(CC(=O)Nc2c(C#N)c(C)c(C)n2Cc2ccccc2)CC1. The van der Waals surface area contributed by atoms with Crippen molar-refractivity contribution in [3.05, 3.63) is 52.7 Å². The Morgan fingerprint density at radius 2 is 1.83 bits per heavy atom. The Hall–Kier alpha value is -3.11. The number of nitriles is 1. The van der Waals surface area contributed by atoms with Crippen molar-refractivity contribution < 1.29 is 9.59 Å². The number of carbonyl (C=O) groups excluding carboxylic acids is 2. The molecule has 30 heavy (non-hydrogen) atoms. The van der Waals surface area contributed by atoms with Gasteiger partial charge in [-0.05, 0) is 31.4 Å². The first-order valence-electron chi connectivity index (χ1n) is 10.3. The van der Waals surface area contributed by atoms with Gasteiger partial charge in [0.15, 0.2) is 0 Å². The van der Waals surface area contributed by atoms with E-state index in [2.05, 4.69) is 16.3 Å². The normalized spacial score (nSPS) is 14.8. The molecule has 1 fully saturated rings. The van der Waals surface area contributed by atoms with Gasteiger partial charge in [0.2, 0.25) is 11.8 Å². The zero-order valence-corrected chi connectivity index (χ0v) is 17.9. The van der Waals surface area contributed by atoms with Gasteiger partial charge in [-0.1, -0.05) is 30.3 Å². The maximum atomic E-state index is 12.8. The van der Waals surface area contributed by atoms with Crippen molar-refractivity contribution in [2.45, 2.75) is 33.7 Å². The number of aromatic nitrogens is 1. The highest BCUT2D eigenvalue weighted by molar-refractivity contribution is 5.93. The average Bonchev–Trinajstić information content (AvgIpc) is 2.88. The molecule has 0 spiro atoms. The summed E-state index contributed by atoms with van der Waals surface area (Å²) in [6.45, 7) is 9.09. The van der Waals surface area contributed by atoms with E-state index in [0.29, 0.717) is 31.0 Å². The number of benzene rings is 1. The quantitative estimate of drug-likeness (QED) is 0.826. The van der Waals surface area contributed by atoms with Crippen LogP contribution in [-0.4, -0.2) is 58.9 Å². The Labute approximate surface area is 177 Å². The minimum atomic E-state index is -0.144.